The van der Waals surface area contributed by atoms with Gasteiger partial charge < -0.3 is 10.1 Å². The van der Waals surface area contributed by atoms with Crippen LogP contribution in [0.5, 0.6) is 0 Å². The summed E-state index contributed by atoms with van der Waals surface area (Å²) in [6.07, 6.45) is 0.766. The third-order valence-electron chi connectivity index (χ3n) is 2.98. The number of anilines is 1. The van der Waals surface area contributed by atoms with E-state index in [0.717, 1.165) is 51.5 Å². The molecule has 6 nitrogen and oxygen atoms in total. The van der Waals surface area contributed by atoms with Crippen LogP contribution >= 0.6 is 0 Å². The maximum atomic E-state index is 11.4. The summed E-state index contributed by atoms with van der Waals surface area (Å²) < 4.78 is 5.29. The van der Waals surface area contributed by atoms with Crippen LogP contribution < -0.4 is 10.9 Å². The predicted octanol–water partition coefficient (Wildman–Crippen LogP) is 0.0764. The van der Waals surface area contributed by atoms with E-state index in [1.807, 2.05) is 6.92 Å². The SMILES string of the molecule is CCc1cc(=O)[nH]c(NCCN2CCOCC2)n1. The molecule has 2 rings (SSSR count). The second-order valence-corrected chi connectivity index (χ2v) is 4.32. The van der Waals surface area contributed by atoms with Crippen LogP contribution in [0.4, 0.5) is 5.95 Å². The Morgan fingerprint density at radius 1 is 1.50 bits per heavy atom. The van der Waals surface area contributed by atoms with Crippen LogP contribution in [0.3, 0.4) is 0 Å². The Hall–Kier alpha value is -1.40. The predicted molar refractivity (Wildman–Crippen MR) is 70.0 cm³/mol. The van der Waals surface area contributed by atoms with Crippen molar-refractivity contribution >= 4 is 5.95 Å². The van der Waals surface area contributed by atoms with Gasteiger partial charge in [0, 0.05) is 37.9 Å². The first-order chi connectivity index (χ1) is 8.78. The Morgan fingerprint density at radius 3 is 3.00 bits per heavy atom. The van der Waals surface area contributed by atoms with Gasteiger partial charge in [-0.05, 0) is 6.42 Å². The van der Waals surface area contributed by atoms with Gasteiger partial charge in [-0.2, -0.15) is 0 Å². The van der Waals surface area contributed by atoms with Crippen molar-refractivity contribution in [2.75, 3.05) is 44.7 Å². The Bertz CT molecular complexity index is 426. The molecule has 1 aliphatic heterocycles. The van der Waals surface area contributed by atoms with E-state index < -0.39 is 0 Å². The molecule has 100 valence electrons. The van der Waals surface area contributed by atoms with Crippen LogP contribution in [-0.4, -0.2) is 54.3 Å². The van der Waals surface area contributed by atoms with Gasteiger partial charge in [-0.15, -0.1) is 0 Å². The van der Waals surface area contributed by atoms with Crippen molar-refractivity contribution in [1.29, 1.82) is 0 Å². The van der Waals surface area contributed by atoms with Crippen molar-refractivity contribution in [1.82, 2.24) is 14.9 Å². The van der Waals surface area contributed by atoms with Gasteiger partial charge in [-0.3, -0.25) is 14.7 Å². The van der Waals surface area contributed by atoms with Gasteiger partial charge in [-0.25, -0.2) is 4.98 Å². The molecule has 1 saturated heterocycles. The Kier molecular flexibility index (Phi) is 4.72. The number of nitrogens with zero attached hydrogens (tertiary/aromatic N) is 2. The van der Waals surface area contributed by atoms with Gasteiger partial charge in [-0.1, -0.05) is 6.92 Å². The second kappa shape index (κ2) is 6.51. The van der Waals surface area contributed by atoms with Crippen molar-refractivity contribution in [2.45, 2.75) is 13.3 Å². The fourth-order valence-corrected chi connectivity index (χ4v) is 1.93. The van der Waals surface area contributed by atoms with Crippen LogP contribution in [0.2, 0.25) is 0 Å². The minimum atomic E-state index is -0.101. The molecule has 0 aliphatic carbocycles. The number of aromatic amines is 1. The van der Waals surface area contributed by atoms with E-state index in [4.69, 9.17) is 4.74 Å². The highest BCUT2D eigenvalue weighted by molar-refractivity contribution is 5.24. The molecule has 1 fully saturated rings. The molecule has 2 heterocycles. The highest BCUT2D eigenvalue weighted by atomic mass is 16.5. The summed E-state index contributed by atoms with van der Waals surface area (Å²) in [6, 6.07) is 1.53. The highest BCUT2D eigenvalue weighted by Gasteiger charge is 2.09. The van der Waals surface area contributed by atoms with Crippen LogP contribution in [0.1, 0.15) is 12.6 Å². The van der Waals surface area contributed by atoms with Gasteiger partial charge in [0.05, 0.1) is 13.2 Å². The van der Waals surface area contributed by atoms with E-state index in [2.05, 4.69) is 20.2 Å². The largest absolute Gasteiger partial charge is 0.379 e. The number of rotatable bonds is 5. The number of morpholine rings is 1. The number of aromatic nitrogens is 2. The lowest BCUT2D eigenvalue weighted by Gasteiger charge is -2.26. The zero-order valence-corrected chi connectivity index (χ0v) is 10.7. The number of aryl methyl sites for hydroxylation is 1. The number of hydrogen-bond acceptors (Lipinski definition) is 5. The van der Waals surface area contributed by atoms with Gasteiger partial charge in [0.25, 0.3) is 5.56 Å². The summed E-state index contributed by atoms with van der Waals surface area (Å²) >= 11 is 0. The van der Waals surface area contributed by atoms with Crippen molar-refractivity contribution in [3.05, 3.63) is 22.1 Å². The van der Waals surface area contributed by atoms with Gasteiger partial charge in [0.1, 0.15) is 0 Å². The van der Waals surface area contributed by atoms with E-state index >= 15 is 0 Å². The fraction of sp³-hybridized carbons (Fsp3) is 0.667. The molecule has 0 radical (unpaired) electrons. The van der Waals surface area contributed by atoms with Crippen LogP contribution in [0.15, 0.2) is 10.9 Å². The summed E-state index contributed by atoms with van der Waals surface area (Å²) in [6.45, 7) is 7.25. The third kappa shape index (κ3) is 3.82. The van der Waals surface area contributed by atoms with E-state index in [9.17, 15) is 4.79 Å². The van der Waals surface area contributed by atoms with Crippen molar-refractivity contribution in [3.63, 3.8) is 0 Å². The lowest BCUT2D eigenvalue weighted by atomic mass is 10.3. The Morgan fingerprint density at radius 2 is 2.28 bits per heavy atom. The van der Waals surface area contributed by atoms with Crippen molar-refractivity contribution in [2.24, 2.45) is 0 Å². The second-order valence-electron chi connectivity index (χ2n) is 4.32. The molecule has 0 bridgehead atoms. The van der Waals surface area contributed by atoms with Crippen LogP contribution in [-0.2, 0) is 11.2 Å². The molecule has 1 aliphatic rings. The fourth-order valence-electron chi connectivity index (χ4n) is 1.93. The van der Waals surface area contributed by atoms with E-state index in [0.29, 0.717) is 5.95 Å². The average Bonchev–Trinajstić information content (AvgIpc) is 2.39. The minimum Gasteiger partial charge on any atom is -0.379 e. The maximum Gasteiger partial charge on any atom is 0.252 e. The van der Waals surface area contributed by atoms with E-state index in [1.165, 1.54) is 6.07 Å². The summed E-state index contributed by atoms with van der Waals surface area (Å²) in [5.74, 6) is 0.563. The molecular formula is C12H20N4O2. The Labute approximate surface area is 106 Å². The number of H-pyrrole nitrogens is 1. The standard InChI is InChI=1S/C12H20N4O2/c1-2-10-9-11(17)15-12(14-10)13-3-4-16-5-7-18-8-6-16/h9H,2-8H2,1H3,(H2,13,14,15,17). The summed E-state index contributed by atoms with van der Waals surface area (Å²) in [4.78, 5) is 20.7. The number of hydrogen-bond donors (Lipinski definition) is 2. The first-order valence-corrected chi connectivity index (χ1v) is 6.42. The molecular weight excluding hydrogens is 232 g/mol. The number of nitrogens with one attached hydrogen (secondary N) is 2. The molecule has 2 N–H and O–H groups in total. The molecule has 0 atom stereocenters. The highest BCUT2D eigenvalue weighted by Crippen LogP contribution is 1.99. The normalized spacial score (nSPS) is 16.7. The van der Waals surface area contributed by atoms with Crippen molar-refractivity contribution < 1.29 is 4.74 Å². The third-order valence-corrected chi connectivity index (χ3v) is 2.98. The topological polar surface area (TPSA) is 70.2 Å². The molecule has 0 saturated carbocycles. The van der Waals surface area contributed by atoms with Gasteiger partial charge in [0.15, 0.2) is 0 Å². The molecule has 1 aromatic rings. The van der Waals surface area contributed by atoms with Crippen LogP contribution in [0, 0.1) is 0 Å². The molecule has 0 aromatic carbocycles. The molecule has 0 amide bonds. The molecule has 18 heavy (non-hydrogen) atoms. The first-order valence-electron chi connectivity index (χ1n) is 6.42. The van der Waals surface area contributed by atoms with Gasteiger partial charge >= 0.3 is 0 Å². The Balaban J connectivity index is 1.82. The number of ether oxygens (including phenoxy) is 1. The summed E-state index contributed by atoms with van der Waals surface area (Å²) in [7, 11) is 0. The first kappa shape index (κ1) is 13.0. The zero-order valence-electron chi connectivity index (χ0n) is 10.7. The quantitative estimate of drug-likeness (QED) is 0.776. The lowest BCUT2D eigenvalue weighted by molar-refractivity contribution is 0.0398. The van der Waals surface area contributed by atoms with Crippen LogP contribution in [0.25, 0.3) is 0 Å². The monoisotopic (exact) mass is 252 g/mol. The van der Waals surface area contributed by atoms with Gasteiger partial charge in [0.2, 0.25) is 5.95 Å². The maximum absolute atomic E-state index is 11.4. The van der Waals surface area contributed by atoms with Crippen molar-refractivity contribution in [3.8, 4) is 0 Å². The van der Waals surface area contributed by atoms with E-state index in [-0.39, 0.29) is 5.56 Å². The molecule has 6 heteroatoms. The summed E-state index contributed by atoms with van der Waals surface area (Å²) in [5, 5.41) is 3.16. The molecule has 0 spiro atoms. The summed E-state index contributed by atoms with van der Waals surface area (Å²) in [5.41, 5.74) is 0.711. The minimum absolute atomic E-state index is 0.101. The molecule has 1 aromatic heterocycles. The smallest absolute Gasteiger partial charge is 0.252 e. The zero-order chi connectivity index (χ0) is 12.8. The lowest BCUT2D eigenvalue weighted by Crippen LogP contribution is -2.39. The molecule has 0 unspecified atom stereocenters. The van der Waals surface area contributed by atoms with E-state index in [1.54, 1.807) is 0 Å². The average molecular weight is 252 g/mol.